The van der Waals surface area contributed by atoms with Crippen molar-refractivity contribution in [1.82, 2.24) is 5.32 Å². The molecule has 3 atom stereocenters. The van der Waals surface area contributed by atoms with Crippen LogP contribution in [0.5, 0.6) is 0 Å². The van der Waals surface area contributed by atoms with Gasteiger partial charge in [-0.15, -0.1) is 0 Å². The number of amides is 1. The van der Waals surface area contributed by atoms with E-state index < -0.39 is 36.7 Å². The molecule has 9 heteroatoms. The summed E-state index contributed by atoms with van der Waals surface area (Å²) in [5, 5.41) is 20.1. The van der Waals surface area contributed by atoms with Crippen molar-refractivity contribution >= 4 is 24.5 Å². The average molecular weight is 323 g/mol. The Labute approximate surface area is 129 Å². The molecule has 0 rings (SSSR count). The van der Waals surface area contributed by atoms with Crippen LogP contribution in [0.25, 0.3) is 0 Å². The Morgan fingerprint density at radius 3 is 2.52 bits per heavy atom. The zero-order valence-corrected chi connectivity index (χ0v) is 12.8. The van der Waals surface area contributed by atoms with Gasteiger partial charge in [0.15, 0.2) is 0 Å². The SMILES string of the molecule is NCCCC[C@H](N)C(=O)N[C@@H](CS)C(=O)OCC(O)CO. The van der Waals surface area contributed by atoms with Crippen LogP contribution in [0, 0.1) is 0 Å². The van der Waals surface area contributed by atoms with E-state index in [4.69, 9.17) is 26.4 Å². The first kappa shape index (κ1) is 20.1. The minimum atomic E-state index is -1.15. The molecule has 0 bridgehead atoms. The number of carbonyl (C=O) groups excluding carboxylic acids is 2. The molecule has 0 aliphatic rings. The van der Waals surface area contributed by atoms with Crippen molar-refractivity contribution in [3.63, 3.8) is 0 Å². The monoisotopic (exact) mass is 323 g/mol. The number of hydrogen-bond acceptors (Lipinski definition) is 8. The third-order valence-corrected chi connectivity index (χ3v) is 3.08. The van der Waals surface area contributed by atoms with Gasteiger partial charge >= 0.3 is 5.97 Å². The summed E-state index contributed by atoms with van der Waals surface area (Å²) in [6.45, 7) is -0.331. The standard InChI is InChI=1S/C12H25N3O5S/c13-4-2-1-3-9(14)11(18)15-10(7-21)12(19)20-6-8(17)5-16/h8-10,16-17,21H,1-7,13-14H2,(H,15,18)/t8?,9-,10-/m0/s1. The van der Waals surface area contributed by atoms with Crippen LogP contribution < -0.4 is 16.8 Å². The van der Waals surface area contributed by atoms with E-state index in [1.165, 1.54) is 0 Å². The molecule has 0 aliphatic heterocycles. The molecule has 0 saturated carbocycles. The van der Waals surface area contributed by atoms with E-state index in [2.05, 4.69) is 17.9 Å². The van der Waals surface area contributed by atoms with Crippen molar-refractivity contribution in [2.75, 3.05) is 25.5 Å². The fourth-order valence-corrected chi connectivity index (χ4v) is 1.67. The zero-order chi connectivity index (χ0) is 16.3. The lowest BCUT2D eigenvalue weighted by Gasteiger charge is -2.19. The lowest BCUT2D eigenvalue weighted by atomic mass is 10.1. The molecule has 21 heavy (non-hydrogen) atoms. The Morgan fingerprint density at radius 2 is 2.00 bits per heavy atom. The number of thiol groups is 1. The molecule has 0 aliphatic carbocycles. The first-order valence-corrected chi connectivity index (χ1v) is 7.41. The molecule has 0 aromatic rings. The van der Waals surface area contributed by atoms with Gasteiger partial charge in [0.1, 0.15) is 18.8 Å². The number of esters is 1. The summed E-state index contributed by atoms with van der Waals surface area (Å²) in [4.78, 5) is 23.5. The maximum absolute atomic E-state index is 11.8. The average Bonchev–Trinajstić information content (AvgIpc) is 2.49. The number of nitrogens with two attached hydrogens (primary N) is 2. The van der Waals surface area contributed by atoms with Gasteiger partial charge in [-0.3, -0.25) is 4.79 Å². The second-order valence-corrected chi connectivity index (χ2v) is 4.97. The van der Waals surface area contributed by atoms with Crippen LogP contribution in [0.4, 0.5) is 0 Å². The van der Waals surface area contributed by atoms with Gasteiger partial charge in [0.2, 0.25) is 5.91 Å². The minimum absolute atomic E-state index is 0.0370. The molecule has 0 fully saturated rings. The third-order valence-electron chi connectivity index (χ3n) is 2.72. The maximum Gasteiger partial charge on any atom is 0.329 e. The van der Waals surface area contributed by atoms with E-state index in [0.717, 1.165) is 12.8 Å². The molecule has 0 radical (unpaired) electrons. The quantitative estimate of drug-likeness (QED) is 0.143. The van der Waals surface area contributed by atoms with Gasteiger partial charge in [0.25, 0.3) is 0 Å². The molecular weight excluding hydrogens is 298 g/mol. The number of aliphatic hydroxyl groups excluding tert-OH is 2. The smallest absolute Gasteiger partial charge is 0.329 e. The molecule has 1 amide bonds. The van der Waals surface area contributed by atoms with Crippen LogP contribution in [0.15, 0.2) is 0 Å². The largest absolute Gasteiger partial charge is 0.461 e. The summed E-state index contributed by atoms with van der Waals surface area (Å²) in [6, 6.07) is -1.68. The van der Waals surface area contributed by atoms with Crippen LogP contribution in [-0.2, 0) is 14.3 Å². The third kappa shape index (κ3) is 8.89. The summed E-state index contributed by atoms with van der Waals surface area (Å²) in [5.41, 5.74) is 11.1. The number of ether oxygens (including phenoxy) is 1. The highest BCUT2D eigenvalue weighted by atomic mass is 32.1. The lowest BCUT2D eigenvalue weighted by molar-refractivity contribution is -0.150. The van der Waals surface area contributed by atoms with Crippen LogP contribution in [-0.4, -0.2) is 65.8 Å². The van der Waals surface area contributed by atoms with E-state index in [1.807, 2.05) is 0 Å². The zero-order valence-electron chi connectivity index (χ0n) is 11.9. The van der Waals surface area contributed by atoms with Crippen LogP contribution in [0.2, 0.25) is 0 Å². The summed E-state index contributed by atoms with van der Waals surface area (Å²) >= 11 is 3.97. The summed E-state index contributed by atoms with van der Waals surface area (Å²) in [7, 11) is 0. The van der Waals surface area contributed by atoms with Gasteiger partial charge in [-0.05, 0) is 19.4 Å². The van der Waals surface area contributed by atoms with E-state index in [1.54, 1.807) is 0 Å². The van der Waals surface area contributed by atoms with E-state index in [0.29, 0.717) is 13.0 Å². The molecule has 0 spiro atoms. The molecule has 0 heterocycles. The van der Waals surface area contributed by atoms with Gasteiger partial charge < -0.3 is 31.7 Å². The Morgan fingerprint density at radius 1 is 1.33 bits per heavy atom. The molecule has 8 nitrogen and oxygen atoms in total. The molecule has 0 aromatic carbocycles. The Kier molecular flexibility index (Phi) is 11.3. The number of nitrogens with one attached hydrogen (secondary N) is 1. The Hall–Kier alpha value is -0.870. The normalized spacial score (nSPS) is 15.1. The summed E-state index contributed by atoms with van der Waals surface area (Å²) in [5.74, 6) is -1.17. The van der Waals surface area contributed by atoms with Gasteiger partial charge in [-0.1, -0.05) is 6.42 Å². The van der Waals surface area contributed by atoms with Gasteiger partial charge in [-0.2, -0.15) is 12.6 Å². The van der Waals surface area contributed by atoms with Crippen molar-refractivity contribution in [2.24, 2.45) is 11.5 Å². The highest BCUT2D eigenvalue weighted by molar-refractivity contribution is 7.80. The highest BCUT2D eigenvalue weighted by Crippen LogP contribution is 2.00. The predicted molar refractivity (Wildman–Crippen MR) is 80.7 cm³/mol. The van der Waals surface area contributed by atoms with Crippen LogP contribution in [0.1, 0.15) is 19.3 Å². The molecule has 124 valence electrons. The molecule has 0 aromatic heterocycles. The van der Waals surface area contributed by atoms with E-state index in [-0.39, 0.29) is 12.4 Å². The Balaban J connectivity index is 4.21. The minimum Gasteiger partial charge on any atom is -0.461 e. The molecular formula is C12H25N3O5S. The number of carbonyl (C=O) groups is 2. The van der Waals surface area contributed by atoms with Crippen molar-refractivity contribution < 1.29 is 24.5 Å². The number of rotatable bonds is 11. The number of unbranched alkanes of at least 4 members (excludes halogenated alkanes) is 1. The highest BCUT2D eigenvalue weighted by Gasteiger charge is 2.24. The van der Waals surface area contributed by atoms with Gasteiger partial charge in [0.05, 0.1) is 12.6 Å². The second kappa shape index (κ2) is 11.8. The van der Waals surface area contributed by atoms with E-state index in [9.17, 15) is 9.59 Å². The van der Waals surface area contributed by atoms with Gasteiger partial charge in [-0.25, -0.2) is 4.79 Å². The van der Waals surface area contributed by atoms with Crippen LogP contribution in [0.3, 0.4) is 0 Å². The van der Waals surface area contributed by atoms with Crippen molar-refractivity contribution in [2.45, 2.75) is 37.5 Å². The van der Waals surface area contributed by atoms with Crippen molar-refractivity contribution in [3.8, 4) is 0 Å². The molecule has 1 unspecified atom stereocenters. The fraction of sp³-hybridized carbons (Fsp3) is 0.833. The van der Waals surface area contributed by atoms with Crippen molar-refractivity contribution in [3.05, 3.63) is 0 Å². The maximum atomic E-state index is 11.8. The molecule has 7 N–H and O–H groups in total. The predicted octanol–water partition coefficient (Wildman–Crippen LogP) is -2.25. The lowest BCUT2D eigenvalue weighted by Crippen LogP contribution is -2.50. The summed E-state index contributed by atoms with van der Waals surface area (Å²) < 4.78 is 4.76. The topological polar surface area (TPSA) is 148 Å². The Bertz CT molecular complexity index is 319. The number of hydrogen-bond donors (Lipinski definition) is 6. The number of aliphatic hydroxyl groups is 2. The summed E-state index contributed by atoms with van der Waals surface area (Å²) in [6.07, 6.45) is 0.825. The van der Waals surface area contributed by atoms with Crippen LogP contribution >= 0.6 is 12.6 Å². The molecule has 0 saturated heterocycles. The van der Waals surface area contributed by atoms with Crippen molar-refractivity contribution in [1.29, 1.82) is 0 Å². The first-order chi connectivity index (χ1) is 9.96. The van der Waals surface area contributed by atoms with Gasteiger partial charge in [0, 0.05) is 5.75 Å². The fourth-order valence-electron chi connectivity index (χ4n) is 1.43. The second-order valence-electron chi connectivity index (χ2n) is 4.60. The first-order valence-electron chi connectivity index (χ1n) is 6.78. The van der Waals surface area contributed by atoms with E-state index >= 15 is 0 Å².